The third-order valence-corrected chi connectivity index (χ3v) is 2.12. The molecule has 0 aliphatic heterocycles. The molecule has 0 unspecified atom stereocenters. The standard InChI is InChI=1S/C11H16N4/c1-4-9-8(6-12)10(5-7(2)3)15-11(13)14-9/h7H,4-5H2,1-3H3,(H2,13,14,15). The predicted molar refractivity (Wildman–Crippen MR) is 59.1 cm³/mol. The van der Waals surface area contributed by atoms with Gasteiger partial charge in [0.2, 0.25) is 5.95 Å². The number of nitrogens with two attached hydrogens (primary N) is 1. The van der Waals surface area contributed by atoms with Crippen LogP contribution in [-0.4, -0.2) is 9.97 Å². The fraction of sp³-hybridized carbons (Fsp3) is 0.545. The molecule has 1 heterocycles. The van der Waals surface area contributed by atoms with Gasteiger partial charge in [-0.3, -0.25) is 0 Å². The molecule has 0 amide bonds. The monoisotopic (exact) mass is 204 g/mol. The lowest BCUT2D eigenvalue weighted by Crippen LogP contribution is -2.09. The summed E-state index contributed by atoms with van der Waals surface area (Å²) < 4.78 is 0. The maximum absolute atomic E-state index is 9.06. The van der Waals surface area contributed by atoms with Crippen molar-refractivity contribution in [3.63, 3.8) is 0 Å². The molecule has 0 spiro atoms. The van der Waals surface area contributed by atoms with Gasteiger partial charge in [-0.2, -0.15) is 5.26 Å². The highest BCUT2D eigenvalue weighted by molar-refractivity contribution is 5.41. The summed E-state index contributed by atoms with van der Waals surface area (Å²) in [5.41, 5.74) is 7.73. The van der Waals surface area contributed by atoms with Crippen LogP contribution in [0.2, 0.25) is 0 Å². The van der Waals surface area contributed by atoms with E-state index in [1.54, 1.807) is 0 Å². The number of hydrogen-bond acceptors (Lipinski definition) is 4. The first kappa shape index (κ1) is 11.4. The largest absolute Gasteiger partial charge is 0.368 e. The lowest BCUT2D eigenvalue weighted by molar-refractivity contribution is 0.632. The molecule has 80 valence electrons. The molecule has 0 fully saturated rings. The van der Waals surface area contributed by atoms with Gasteiger partial charge in [0, 0.05) is 0 Å². The molecule has 0 aliphatic rings. The Kier molecular flexibility index (Phi) is 3.62. The molecule has 0 saturated heterocycles. The number of rotatable bonds is 3. The van der Waals surface area contributed by atoms with Gasteiger partial charge >= 0.3 is 0 Å². The minimum Gasteiger partial charge on any atom is -0.368 e. The van der Waals surface area contributed by atoms with Crippen LogP contribution in [0.15, 0.2) is 0 Å². The quantitative estimate of drug-likeness (QED) is 0.812. The summed E-state index contributed by atoms with van der Waals surface area (Å²) in [5, 5.41) is 9.06. The van der Waals surface area contributed by atoms with Crippen molar-refractivity contribution in [1.29, 1.82) is 5.26 Å². The number of nitriles is 1. The van der Waals surface area contributed by atoms with Gasteiger partial charge in [0.25, 0.3) is 0 Å². The van der Waals surface area contributed by atoms with E-state index in [9.17, 15) is 0 Å². The lowest BCUT2D eigenvalue weighted by atomic mass is 10.0. The fourth-order valence-corrected chi connectivity index (χ4v) is 1.50. The van der Waals surface area contributed by atoms with Gasteiger partial charge in [-0.1, -0.05) is 20.8 Å². The summed E-state index contributed by atoms with van der Waals surface area (Å²) in [6, 6.07) is 2.17. The van der Waals surface area contributed by atoms with Gasteiger partial charge in [0.1, 0.15) is 6.07 Å². The normalized spacial score (nSPS) is 10.3. The van der Waals surface area contributed by atoms with Crippen LogP contribution in [0.5, 0.6) is 0 Å². The highest BCUT2D eigenvalue weighted by Crippen LogP contribution is 2.15. The molecule has 15 heavy (non-hydrogen) atoms. The Morgan fingerprint density at radius 1 is 1.33 bits per heavy atom. The second-order valence-electron chi connectivity index (χ2n) is 3.91. The average Bonchev–Trinajstić information content (AvgIpc) is 2.15. The van der Waals surface area contributed by atoms with Crippen molar-refractivity contribution < 1.29 is 0 Å². The summed E-state index contributed by atoms with van der Waals surface area (Å²) >= 11 is 0. The van der Waals surface area contributed by atoms with Crippen molar-refractivity contribution >= 4 is 5.95 Å². The molecule has 0 atom stereocenters. The predicted octanol–water partition coefficient (Wildman–Crippen LogP) is 1.69. The molecule has 4 heteroatoms. The molecule has 0 bridgehead atoms. The van der Waals surface area contributed by atoms with Crippen LogP contribution < -0.4 is 5.73 Å². The average molecular weight is 204 g/mol. The van der Waals surface area contributed by atoms with Crippen LogP contribution in [0, 0.1) is 17.2 Å². The Bertz CT molecular complexity index is 390. The van der Waals surface area contributed by atoms with E-state index in [4.69, 9.17) is 11.0 Å². The van der Waals surface area contributed by atoms with Crippen LogP contribution in [-0.2, 0) is 12.8 Å². The summed E-state index contributed by atoms with van der Waals surface area (Å²) in [7, 11) is 0. The van der Waals surface area contributed by atoms with Crippen LogP contribution in [0.1, 0.15) is 37.7 Å². The number of nitrogen functional groups attached to an aromatic ring is 1. The minimum absolute atomic E-state index is 0.265. The van der Waals surface area contributed by atoms with Gasteiger partial charge in [-0.15, -0.1) is 0 Å². The summed E-state index contributed by atoms with van der Waals surface area (Å²) in [5.74, 6) is 0.720. The van der Waals surface area contributed by atoms with Gasteiger partial charge in [0.15, 0.2) is 0 Å². The second-order valence-corrected chi connectivity index (χ2v) is 3.91. The first-order valence-corrected chi connectivity index (χ1v) is 5.13. The number of aryl methyl sites for hydroxylation is 1. The third kappa shape index (κ3) is 2.66. The van der Waals surface area contributed by atoms with E-state index >= 15 is 0 Å². The molecule has 1 aromatic heterocycles. The molecule has 1 aromatic rings. The molecule has 2 N–H and O–H groups in total. The van der Waals surface area contributed by atoms with E-state index in [0.29, 0.717) is 17.9 Å². The smallest absolute Gasteiger partial charge is 0.220 e. The van der Waals surface area contributed by atoms with Gasteiger partial charge in [0.05, 0.1) is 17.0 Å². The highest BCUT2D eigenvalue weighted by Gasteiger charge is 2.12. The zero-order valence-electron chi connectivity index (χ0n) is 9.41. The van der Waals surface area contributed by atoms with Gasteiger partial charge in [-0.25, -0.2) is 9.97 Å². The van der Waals surface area contributed by atoms with E-state index in [2.05, 4.69) is 29.9 Å². The maximum atomic E-state index is 9.06. The zero-order chi connectivity index (χ0) is 11.4. The maximum Gasteiger partial charge on any atom is 0.220 e. The second kappa shape index (κ2) is 4.74. The van der Waals surface area contributed by atoms with E-state index < -0.39 is 0 Å². The molecular formula is C11H16N4. The van der Waals surface area contributed by atoms with E-state index in [1.165, 1.54) is 0 Å². The Balaban J connectivity index is 3.24. The lowest BCUT2D eigenvalue weighted by Gasteiger charge is -2.09. The van der Waals surface area contributed by atoms with Crippen LogP contribution in [0.4, 0.5) is 5.95 Å². The minimum atomic E-state index is 0.265. The van der Waals surface area contributed by atoms with Gasteiger partial charge < -0.3 is 5.73 Å². The molecular weight excluding hydrogens is 188 g/mol. The van der Waals surface area contributed by atoms with E-state index in [1.807, 2.05) is 6.92 Å². The molecule has 1 rings (SSSR count). The van der Waals surface area contributed by atoms with Crippen molar-refractivity contribution in [2.75, 3.05) is 5.73 Å². The summed E-state index contributed by atoms with van der Waals surface area (Å²) in [4.78, 5) is 8.21. The van der Waals surface area contributed by atoms with E-state index in [0.717, 1.165) is 17.8 Å². The van der Waals surface area contributed by atoms with Crippen molar-refractivity contribution in [1.82, 2.24) is 9.97 Å². The third-order valence-electron chi connectivity index (χ3n) is 2.12. The van der Waals surface area contributed by atoms with Crippen molar-refractivity contribution in [2.24, 2.45) is 5.92 Å². The van der Waals surface area contributed by atoms with Gasteiger partial charge in [-0.05, 0) is 18.8 Å². The molecule has 0 aromatic carbocycles. The Labute approximate surface area is 90.2 Å². The number of nitrogens with zero attached hydrogens (tertiary/aromatic N) is 3. The number of anilines is 1. The Morgan fingerprint density at radius 3 is 2.40 bits per heavy atom. The summed E-state index contributed by atoms with van der Waals surface area (Å²) in [6.07, 6.45) is 1.48. The number of hydrogen-bond donors (Lipinski definition) is 1. The molecule has 0 radical (unpaired) electrons. The zero-order valence-corrected chi connectivity index (χ0v) is 9.41. The van der Waals surface area contributed by atoms with E-state index in [-0.39, 0.29) is 5.95 Å². The SMILES string of the molecule is CCc1nc(N)nc(CC(C)C)c1C#N. The van der Waals surface area contributed by atoms with Crippen LogP contribution in [0.3, 0.4) is 0 Å². The summed E-state index contributed by atoms with van der Waals surface area (Å²) in [6.45, 7) is 6.14. The fourth-order valence-electron chi connectivity index (χ4n) is 1.50. The van der Waals surface area contributed by atoms with Crippen molar-refractivity contribution in [3.05, 3.63) is 17.0 Å². The molecule has 4 nitrogen and oxygen atoms in total. The Morgan fingerprint density at radius 2 is 1.93 bits per heavy atom. The Hall–Kier alpha value is -1.63. The van der Waals surface area contributed by atoms with Crippen molar-refractivity contribution in [3.8, 4) is 6.07 Å². The van der Waals surface area contributed by atoms with Crippen LogP contribution in [0.25, 0.3) is 0 Å². The topological polar surface area (TPSA) is 75.6 Å². The van der Waals surface area contributed by atoms with Crippen LogP contribution >= 0.6 is 0 Å². The highest BCUT2D eigenvalue weighted by atomic mass is 15.0. The molecule has 0 saturated carbocycles. The first-order valence-electron chi connectivity index (χ1n) is 5.13. The number of aromatic nitrogens is 2. The first-order chi connectivity index (χ1) is 7.08. The molecule has 0 aliphatic carbocycles. The van der Waals surface area contributed by atoms with Crippen molar-refractivity contribution in [2.45, 2.75) is 33.6 Å².